The van der Waals surface area contributed by atoms with Gasteiger partial charge in [0.15, 0.2) is 0 Å². The molecule has 4 N–H and O–H groups in total. The summed E-state index contributed by atoms with van der Waals surface area (Å²) in [5.41, 5.74) is 12.1. The van der Waals surface area contributed by atoms with Crippen molar-refractivity contribution in [2.75, 3.05) is 0 Å². The van der Waals surface area contributed by atoms with Crippen molar-refractivity contribution in [2.24, 2.45) is 5.73 Å². The highest BCUT2D eigenvalue weighted by Gasteiger charge is 2.47. The molecule has 0 aliphatic heterocycles. The molecule has 0 saturated carbocycles. The van der Waals surface area contributed by atoms with Gasteiger partial charge in [-0.15, -0.1) is 0 Å². The highest BCUT2D eigenvalue weighted by atomic mass is 31.2. The molecule has 0 spiro atoms. The van der Waals surface area contributed by atoms with Crippen LogP contribution in [0.1, 0.15) is 48.9 Å². The zero-order valence-corrected chi connectivity index (χ0v) is 26.1. The first-order valence-corrected chi connectivity index (χ1v) is 16.4. The summed E-state index contributed by atoms with van der Waals surface area (Å²) in [4.78, 5) is 23.8. The second-order valence-electron chi connectivity index (χ2n) is 10.8. The minimum Gasteiger partial charge on any atom is -0.489 e. The minimum atomic E-state index is -4.31. The molecule has 1 amide bonds. The predicted molar refractivity (Wildman–Crippen MR) is 172 cm³/mol. The molecule has 0 radical (unpaired) electrons. The predicted octanol–water partition coefficient (Wildman–Crippen LogP) is 6.75. The number of hydroxylamine groups is 1. The zero-order chi connectivity index (χ0) is 31.4. The normalized spacial score (nSPS) is 13.5. The van der Waals surface area contributed by atoms with Crippen molar-refractivity contribution in [1.82, 2.24) is 5.48 Å². The molecule has 4 aromatic rings. The minimum absolute atomic E-state index is 0.218. The van der Waals surface area contributed by atoms with Gasteiger partial charge in [0, 0.05) is 0 Å². The summed E-state index contributed by atoms with van der Waals surface area (Å²) in [6.07, 6.45) is 1.23. The molecule has 8 nitrogen and oxygen atoms in total. The number of rotatable bonds is 16. The van der Waals surface area contributed by atoms with E-state index in [9.17, 15) is 14.3 Å². The van der Waals surface area contributed by atoms with Gasteiger partial charge < -0.3 is 20.1 Å². The van der Waals surface area contributed by atoms with E-state index in [0.717, 1.165) is 22.3 Å². The fourth-order valence-electron chi connectivity index (χ4n) is 4.91. The Morgan fingerprint density at radius 1 is 0.750 bits per heavy atom. The quantitative estimate of drug-likeness (QED) is 0.0941. The summed E-state index contributed by atoms with van der Waals surface area (Å²) in [5, 5.41) is -1.10. The average molecular weight is 617 g/mol. The number of hydrogen-bond acceptors (Lipinski definition) is 6. The third-order valence-electron chi connectivity index (χ3n) is 7.85. The average Bonchev–Trinajstić information content (AvgIpc) is 3.06. The first-order chi connectivity index (χ1) is 21.2. The fraction of sp³-hybridized carbons (Fsp3) is 0.286. The number of nitrogens with one attached hydrogen (secondary N) is 1. The third kappa shape index (κ3) is 9.04. The molecule has 0 heterocycles. The molecule has 0 fully saturated rings. The number of hydrogen-bond donors (Lipinski definition) is 3. The van der Waals surface area contributed by atoms with Crippen molar-refractivity contribution in [3.63, 3.8) is 0 Å². The second kappa shape index (κ2) is 15.7. The summed E-state index contributed by atoms with van der Waals surface area (Å²) in [5.74, 6) is 0.727. The van der Waals surface area contributed by atoms with Crippen LogP contribution in [0.25, 0.3) is 0 Å². The van der Waals surface area contributed by atoms with E-state index >= 15 is 0 Å². The van der Waals surface area contributed by atoms with E-state index in [1.54, 1.807) is 0 Å². The van der Waals surface area contributed by atoms with Crippen LogP contribution in [-0.4, -0.2) is 22.0 Å². The molecule has 0 aromatic heterocycles. The molecular formula is C35H41N2O6P. The van der Waals surface area contributed by atoms with E-state index in [0.29, 0.717) is 37.6 Å². The molecule has 2 atom stereocenters. The maximum atomic E-state index is 13.6. The standard InChI is InChI=1S/C35H41N2O6P/c1-3-35(4-2,24-28-17-21-32(22-18-28)42-26-30-13-9-6-10-14-30)44(39,40)43-37-34(38)33(36)23-27-15-19-31(20-16-27)41-25-29-11-7-5-8-12-29/h5-22,33H,3-4,23-26,36H2,1-2H3,(H,37,38)(H,39,40)/t33-/m0/s1. The lowest BCUT2D eigenvalue weighted by atomic mass is 9.93. The molecule has 4 aromatic carbocycles. The number of carbonyl (C=O) groups is 1. The Kier molecular flexibility index (Phi) is 11.8. The molecule has 0 bridgehead atoms. The molecule has 0 aliphatic carbocycles. The SMILES string of the molecule is CCC(CC)(Cc1ccc(OCc2ccccc2)cc1)P(=O)(O)ONC(=O)[C@@H](N)Cc1ccc(OCc2ccccc2)cc1. The second-order valence-corrected chi connectivity index (χ2v) is 13.0. The Morgan fingerprint density at radius 3 is 1.66 bits per heavy atom. The van der Waals surface area contributed by atoms with Crippen LogP contribution >= 0.6 is 7.60 Å². The monoisotopic (exact) mass is 616 g/mol. The largest absolute Gasteiger partial charge is 0.489 e. The molecule has 44 heavy (non-hydrogen) atoms. The lowest BCUT2D eigenvalue weighted by molar-refractivity contribution is -0.129. The van der Waals surface area contributed by atoms with Crippen LogP contribution in [0.5, 0.6) is 11.5 Å². The Bertz CT molecular complexity index is 1490. The molecule has 232 valence electrons. The van der Waals surface area contributed by atoms with Gasteiger partial charge in [-0.05, 0) is 72.2 Å². The van der Waals surface area contributed by atoms with E-state index in [2.05, 4.69) is 5.48 Å². The molecule has 9 heteroatoms. The van der Waals surface area contributed by atoms with Gasteiger partial charge in [-0.2, -0.15) is 4.62 Å². The van der Waals surface area contributed by atoms with Crippen LogP contribution in [0.3, 0.4) is 0 Å². The Morgan fingerprint density at radius 2 is 1.20 bits per heavy atom. The number of ether oxygens (including phenoxy) is 2. The number of amides is 1. The van der Waals surface area contributed by atoms with Crippen molar-refractivity contribution in [3.05, 3.63) is 131 Å². The van der Waals surface area contributed by atoms with Crippen molar-refractivity contribution < 1.29 is 28.4 Å². The summed E-state index contributed by atoms with van der Waals surface area (Å²) < 4.78 is 30.5. The maximum absolute atomic E-state index is 13.6. The fourth-order valence-corrected chi connectivity index (χ4v) is 6.50. The zero-order valence-electron chi connectivity index (χ0n) is 25.2. The molecular weight excluding hydrogens is 575 g/mol. The first-order valence-electron chi connectivity index (χ1n) is 14.8. The van der Waals surface area contributed by atoms with Gasteiger partial charge in [0.05, 0.1) is 11.2 Å². The van der Waals surface area contributed by atoms with Crippen molar-refractivity contribution in [2.45, 2.75) is 63.9 Å². The summed E-state index contributed by atoms with van der Waals surface area (Å²) in [6, 6.07) is 33.5. The van der Waals surface area contributed by atoms with Gasteiger partial charge in [0.1, 0.15) is 24.7 Å². The number of carbonyl (C=O) groups excluding carboxylic acids is 1. The van der Waals surface area contributed by atoms with Gasteiger partial charge in [-0.3, -0.25) is 9.36 Å². The Hall–Kier alpha value is -3.94. The maximum Gasteiger partial charge on any atom is 0.355 e. The molecule has 0 aliphatic rings. The highest BCUT2D eigenvalue weighted by molar-refractivity contribution is 7.54. The van der Waals surface area contributed by atoms with Gasteiger partial charge >= 0.3 is 7.60 Å². The Labute approximate surface area is 259 Å². The van der Waals surface area contributed by atoms with Crippen molar-refractivity contribution in [3.8, 4) is 11.5 Å². The molecule has 1 unspecified atom stereocenters. The van der Waals surface area contributed by atoms with Crippen LogP contribution in [-0.2, 0) is 40.0 Å². The van der Waals surface area contributed by atoms with Crippen molar-refractivity contribution >= 4 is 13.5 Å². The lowest BCUT2D eigenvalue weighted by Crippen LogP contribution is -2.43. The van der Waals surface area contributed by atoms with Gasteiger partial charge in [0.25, 0.3) is 5.91 Å². The van der Waals surface area contributed by atoms with E-state index in [4.69, 9.17) is 19.8 Å². The smallest absolute Gasteiger partial charge is 0.355 e. The van der Waals surface area contributed by atoms with Gasteiger partial charge in [-0.1, -0.05) is 98.8 Å². The van der Waals surface area contributed by atoms with E-state index in [1.807, 2.05) is 123 Å². The molecule has 0 saturated heterocycles. The van der Waals surface area contributed by atoms with E-state index in [-0.39, 0.29) is 12.8 Å². The molecule has 4 rings (SSSR count). The van der Waals surface area contributed by atoms with Gasteiger partial charge in [-0.25, -0.2) is 5.48 Å². The summed E-state index contributed by atoms with van der Waals surface area (Å²) in [7, 11) is -4.31. The Balaban J connectivity index is 1.29. The van der Waals surface area contributed by atoms with Crippen molar-refractivity contribution in [1.29, 1.82) is 0 Å². The number of nitrogens with two attached hydrogens (primary N) is 1. The van der Waals surface area contributed by atoms with E-state index < -0.39 is 24.7 Å². The van der Waals surface area contributed by atoms with Crippen LogP contribution in [0, 0.1) is 0 Å². The topological polar surface area (TPSA) is 120 Å². The van der Waals surface area contributed by atoms with E-state index in [1.165, 1.54) is 0 Å². The number of benzene rings is 4. The summed E-state index contributed by atoms with van der Waals surface area (Å²) in [6.45, 7) is 4.58. The van der Waals surface area contributed by atoms with Crippen LogP contribution in [0.15, 0.2) is 109 Å². The lowest BCUT2D eigenvalue weighted by Gasteiger charge is -2.35. The van der Waals surface area contributed by atoms with Crippen LogP contribution in [0.2, 0.25) is 0 Å². The van der Waals surface area contributed by atoms with Crippen LogP contribution in [0.4, 0.5) is 0 Å². The highest BCUT2D eigenvalue weighted by Crippen LogP contribution is 2.59. The first kappa shape index (κ1) is 33.0. The third-order valence-corrected chi connectivity index (χ3v) is 10.2. The summed E-state index contributed by atoms with van der Waals surface area (Å²) >= 11 is 0. The van der Waals surface area contributed by atoms with Gasteiger partial charge in [0.2, 0.25) is 0 Å². The van der Waals surface area contributed by atoms with Crippen LogP contribution < -0.4 is 20.7 Å².